The molecule has 0 spiro atoms. The minimum atomic E-state index is 0.124. The lowest BCUT2D eigenvalue weighted by molar-refractivity contribution is -0.607. The van der Waals surface area contributed by atoms with E-state index in [0.717, 1.165) is 6.54 Å². The van der Waals surface area contributed by atoms with Gasteiger partial charge in [-0.1, -0.05) is 53.7 Å². The lowest BCUT2D eigenvalue weighted by atomic mass is 9.80. The predicted octanol–water partition coefficient (Wildman–Crippen LogP) is 6.18. The lowest BCUT2D eigenvalue weighted by Crippen LogP contribution is -2.35. The number of nitrogens with zero attached hydrogens (tertiary/aromatic N) is 1. The minimum absolute atomic E-state index is 0.124. The van der Waals surface area contributed by atoms with Crippen molar-refractivity contribution in [1.29, 1.82) is 0 Å². The molecule has 1 heteroatoms. The minimum Gasteiger partial charge on any atom is -0.227 e. The molecule has 0 saturated heterocycles. The summed E-state index contributed by atoms with van der Waals surface area (Å²) in [4.78, 5) is 0. The Bertz CT molecular complexity index is 857. The first kappa shape index (κ1) is 18.2. The van der Waals surface area contributed by atoms with E-state index >= 15 is 0 Å². The van der Waals surface area contributed by atoms with Crippen molar-refractivity contribution < 1.29 is 4.58 Å². The molecule has 1 nitrogen and oxygen atoms in total. The molecule has 134 valence electrons. The van der Waals surface area contributed by atoms with Gasteiger partial charge in [0.15, 0.2) is 18.3 Å². The van der Waals surface area contributed by atoms with E-state index in [9.17, 15) is 0 Å². The molecule has 0 radical (unpaired) electrons. The summed E-state index contributed by atoms with van der Waals surface area (Å²) in [5.41, 5.74) is 6.13. The summed E-state index contributed by atoms with van der Waals surface area (Å²) in [6.07, 6.45) is 2.38. The van der Waals surface area contributed by atoms with Crippen molar-refractivity contribution in [3.05, 3.63) is 46.5 Å². The fourth-order valence-corrected chi connectivity index (χ4v) is 3.56. The van der Waals surface area contributed by atoms with E-state index in [0.29, 0.717) is 0 Å². The van der Waals surface area contributed by atoms with Crippen LogP contribution >= 0.6 is 0 Å². The maximum Gasteiger partial charge on any atom is 0.172 e. The van der Waals surface area contributed by atoms with Gasteiger partial charge >= 0.3 is 0 Å². The smallest absolute Gasteiger partial charge is 0.172 e. The molecule has 1 aliphatic heterocycles. The molecule has 2 aromatic carbocycles. The topological polar surface area (TPSA) is 3.01 Å². The number of benzene rings is 2. The van der Waals surface area contributed by atoms with Crippen LogP contribution in [0.1, 0.15) is 84.6 Å². The molecule has 2 aromatic rings. The highest BCUT2D eigenvalue weighted by molar-refractivity contribution is 6.02. The van der Waals surface area contributed by atoms with E-state index < -0.39 is 0 Å². The van der Waals surface area contributed by atoms with Crippen LogP contribution in [0.2, 0.25) is 0 Å². The third-order valence-corrected chi connectivity index (χ3v) is 5.39. The summed E-state index contributed by atoms with van der Waals surface area (Å²) in [7, 11) is 0. The molecule has 0 saturated carbocycles. The number of hydrogen-bond donors (Lipinski definition) is 0. The van der Waals surface area contributed by atoms with Gasteiger partial charge < -0.3 is 0 Å². The molecule has 0 aromatic heterocycles. The van der Waals surface area contributed by atoms with Gasteiger partial charge in [-0.15, -0.1) is 0 Å². The van der Waals surface area contributed by atoms with Crippen LogP contribution in [-0.4, -0.2) is 16.3 Å². The van der Waals surface area contributed by atoms with Crippen molar-refractivity contribution in [3.8, 4) is 0 Å². The second-order valence-electron chi connectivity index (χ2n) is 10.7. The normalized spacial score (nSPS) is 15.5. The van der Waals surface area contributed by atoms with Crippen LogP contribution in [0, 0.1) is 0 Å². The van der Waals surface area contributed by atoms with Gasteiger partial charge in [-0.2, -0.15) is 0 Å². The predicted molar refractivity (Wildman–Crippen MR) is 110 cm³/mol. The van der Waals surface area contributed by atoms with Crippen molar-refractivity contribution in [2.24, 2.45) is 0 Å². The Kier molecular flexibility index (Phi) is 3.95. The Balaban J connectivity index is 2.37. The van der Waals surface area contributed by atoms with Crippen LogP contribution in [0.4, 0.5) is 0 Å². The molecule has 1 aliphatic rings. The standard InChI is InChI=1S/C24H34N/c1-22(2,3)19-10-16-11-20(23(4,5)6)13-18-15-25(24(7,8)9)14-17(12-19)21(16)18/h10-14H,15H2,1-9H3/q+1. The average molecular weight is 337 g/mol. The monoisotopic (exact) mass is 336 g/mol. The van der Waals surface area contributed by atoms with E-state index in [4.69, 9.17) is 0 Å². The summed E-state index contributed by atoms with van der Waals surface area (Å²) in [6, 6.07) is 9.67. The van der Waals surface area contributed by atoms with E-state index in [1.165, 1.54) is 33.0 Å². The van der Waals surface area contributed by atoms with Crippen molar-refractivity contribution in [2.75, 3.05) is 0 Å². The van der Waals surface area contributed by atoms with Gasteiger partial charge in [0.1, 0.15) is 0 Å². The van der Waals surface area contributed by atoms with Crippen molar-refractivity contribution in [3.63, 3.8) is 0 Å². The van der Waals surface area contributed by atoms with Gasteiger partial charge in [0.05, 0.1) is 0 Å². The summed E-state index contributed by atoms with van der Waals surface area (Å²) in [5.74, 6) is 0. The molecule has 0 N–H and O–H groups in total. The Morgan fingerprint density at radius 3 is 1.72 bits per heavy atom. The molecular formula is C24H34N+. The van der Waals surface area contributed by atoms with E-state index in [1.54, 1.807) is 0 Å². The molecule has 1 heterocycles. The van der Waals surface area contributed by atoms with Gasteiger partial charge in [0.2, 0.25) is 0 Å². The fourth-order valence-electron chi connectivity index (χ4n) is 3.56. The summed E-state index contributed by atoms with van der Waals surface area (Å²) >= 11 is 0. The first-order valence-corrected chi connectivity index (χ1v) is 9.50. The highest BCUT2D eigenvalue weighted by Crippen LogP contribution is 2.36. The van der Waals surface area contributed by atoms with Gasteiger partial charge in [0, 0.05) is 16.5 Å². The van der Waals surface area contributed by atoms with Gasteiger partial charge in [-0.05, 0) is 60.2 Å². The molecule has 0 unspecified atom stereocenters. The zero-order valence-corrected chi connectivity index (χ0v) is 17.5. The molecule has 0 fully saturated rings. The molecule has 0 amide bonds. The first-order chi connectivity index (χ1) is 11.3. The highest BCUT2D eigenvalue weighted by Gasteiger charge is 2.30. The Labute approximate surface area is 153 Å². The molecule has 0 atom stereocenters. The van der Waals surface area contributed by atoms with Crippen molar-refractivity contribution in [1.82, 2.24) is 0 Å². The van der Waals surface area contributed by atoms with E-state index in [2.05, 4.69) is 97.4 Å². The summed E-state index contributed by atoms with van der Waals surface area (Å²) in [5, 5.41) is 2.84. The maximum absolute atomic E-state index is 2.49. The van der Waals surface area contributed by atoms with Gasteiger partial charge in [-0.25, -0.2) is 4.58 Å². The third-order valence-electron chi connectivity index (χ3n) is 5.39. The largest absolute Gasteiger partial charge is 0.227 e. The Hall–Kier alpha value is -1.63. The lowest BCUT2D eigenvalue weighted by Gasteiger charge is -2.28. The van der Waals surface area contributed by atoms with Crippen LogP contribution in [0.15, 0.2) is 24.3 Å². The third kappa shape index (κ3) is 3.38. The molecular weight excluding hydrogens is 302 g/mol. The molecule has 0 bridgehead atoms. The van der Waals surface area contributed by atoms with Crippen LogP contribution in [0.5, 0.6) is 0 Å². The quantitative estimate of drug-likeness (QED) is 0.505. The maximum atomic E-state index is 2.49. The SMILES string of the molecule is CC(C)(C)c1cc2c3c(cc(C(C)(C)C)cc3c1)C[N+](C(C)(C)C)=C2. The van der Waals surface area contributed by atoms with Crippen LogP contribution < -0.4 is 0 Å². The van der Waals surface area contributed by atoms with Gasteiger partial charge in [-0.3, -0.25) is 0 Å². The molecule has 0 aliphatic carbocycles. The fraction of sp³-hybridized carbons (Fsp3) is 0.542. The number of hydrogen-bond acceptors (Lipinski definition) is 0. The van der Waals surface area contributed by atoms with E-state index in [-0.39, 0.29) is 16.4 Å². The van der Waals surface area contributed by atoms with E-state index in [1.807, 2.05) is 0 Å². The highest BCUT2D eigenvalue weighted by atomic mass is 15.1. The summed E-state index contributed by atoms with van der Waals surface area (Å²) < 4.78 is 2.49. The second-order valence-corrected chi connectivity index (χ2v) is 10.7. The zero-order valence-electron chi connectivity index (χ0n) is 17.5. The molecule has 25 heavy (non-hydrogen) atoms. The first-order valence-electron chi connectivity index (χ1n) is 9.50. The van der Waals surface area contributed by atoms with Crippen LogP contribution in [0.25, 0.3) is 10.8 Å². The van der Waals surface area contributed by atoms with Gasteiger partial charge in [0.25, 0.3) is 0 Å². The van der Waals surface area contributed by atoms with Crippen LogP contribution in [0.3, 0.4) is 0 Å². The van der Waals surface area contributed by atoms with Crippen molar-refractivity contribution >= 4 is 17.0 Å². The summed E-state index contributed by atoms with van der Waals surface area (Å²) in [6.45, 7) is 21.7. The molecule has 3 rings (SSSR count). The second kappa shape index (κ2) is 5.43. The Morgan fingerprint density at radius 1 is 0.720 bits per heavy atom. The van der Waals surface area contributed by atoms with Crippen LogP contribution in [-0.2, 0) is 17.4 Å². The number of rotatable bonds is 0. The zero-order chi connectivity index (χ0) is 18.8. The Morgan fingerprint density at radius 2 is 1.24 bits per heavy atom. The van der Waals surface area contributed by atoms with Crippen molar-refractivity contribution in [2.45, 2.75) is 85.2 Å². The average Bonchev–Trinajstić information content (AvgIpc) is 2.43.